The monoisotopic (exact) mass is 349 g/mol. The van der Waals surface area contributed by atoms with E-state index in [4.69, 9.17) is 4.74 Å². The van der Waals surface area contributed by atoms with E-state index in [1.54, 1.807) is 13.8 Å². The van der Waals surface area contributed by atoms with Crippen molar-refractivity contribution in [2.75, 3.05) is 11.9 Å². The van der Waals surface area contributed by atoms with E-state index < -0.39 is 10.8 Å². The van der Waals surface area contributed by atoms with Crippen LogP contribution < -0.4 is 10.1 Å². The molecule has 126 valence electrons. The van der Waals surface area contributed by atoms with Crippen LogP contribution >= 0.6 is 11.3 Å². The number of hydrogen-bond donors (Lipinski definition) is 1. The van der Waals surface area contributed by atoms with Crippen molar-refractivity contribution in [1.29, 1.82) is 0 Å². The summed E-state index contributed by atoms with van der Waals surface area (Å²) in [6, 6.07) is 4.13. The van der Waals surface area contributed by atoms with Crippen molar-refractivity contribution in [1.82, 2.24) is 4.98 Å². The number of nitrogens with zero attached hydrogens (tertiary/aromatic N) is 2. The average Bonchev–Trinajstić information content (AvgIpc) is 2.86. The van der Waals surface area contributed by atoms with Gasteiger partial charge in [0, 0.05) is 19.1 Å². The van der Waals surface area contributed by atoms with Gasteiger partial charge in [0.15, 0.2) is 17.5 Å². The molecule has 0 saturated carbocycles. The minimum Gasteiger partial charge on any atom is -0.483 e. The summed E-state index contributed by atoms with van der Waals surface area (Å²) in [6.07, 6.45) is 0. The number of carbonyl (C=O) groups is 2. The van der Waals surface area contributed by atoms with Crippen LogP contribution in [-0.2, 0) is 4.79 Å². The van der Waals surface area contributed by atoms with Crippen LogP contribution in [0.3, 0.4) is 0 Å². The van der Waals surface area contributed by atoms with Crippen molar-refractivity contribution in [3.8, 4) is 5.75 Å². The van der Waals surface area contributed by atoms with Gasteiger partial charge in [-0.3, -0.25) is 25.0 Å². The summed E-state index contributed by atoms with van der Waals surface area (Å²) in [4.78, 5) is 38.1. The highest BCUT2D eigenvalue weighted by Gasteiger charge is 2.14. The molecule has 24 heavy (non-hydrogen) atoms. The van der Waals surface area contributed by atoms with E-state index in [1.807, 2.05) is 0 Å². The maximum absolute atomic E-state index is 11.9. The minimum absolute atomic E-state index is 0.0423. The molecule has 0 unspecified atom stereocenters. The summed E-state index contributed by atoms with van der Waals surface area (Å²) in [5, 5.41) is 13.6. The Bertz CT molecular complexity index is 815. The first-order chi connectivity index (χ1) is 11.3. The SMILES string of the molecule is CC(=O)c1sc(NC(=O)COc2ccc([N+](=O)[O-])cc2C)nc1C. The fourth-order valence-electron chi connectivity index (χ4n) is 1.98. The Hall–Kier alpha value is -2.81. The van der Waals surface area contributed by atoms with Crippen molar-refractivity contribution in [3.05, 3.63) is 44.4 Å². The van der Waals surface area contributed by atoms with Crippen molar-refractivity contribution < 1.29 is 19.2 Å². The first kappa shape index (κ1) is 17.5. The number of ketones is 1. The molecular weight excluding hydrogens is 334 g/mol. The van der Waals surface area contributed by atoms with Crippen LogP contribution in [0.4, 0.5) is 10.8 Å². The average molecular weight is 349 g/mol. The number of benzene rings is 1. The zero-order chi connectivity index (χ0) is 17.9. The number of nitrogens with one attached hydrogen (secondary N) is 1. The van der Waals surface area contributed by atoms with Gasteiger partial charge in [-0.05, 0) is 25.5 Å². The lowest BCUT2D eigenvalue weighted by molar-refractivity contribution is -0.384. The molecule has 1 N–H and O–H groups in total. The molecule has 1 aromatic carbocycles. The predicted molar refractivity (Wildman–Crippen MR) is 88.8 cm³/mol. The van der Waals surface area contributed by atoms with Crippen molar-refractivity contribution >= 4 is 33.8 Å². The Labute approximate surface area is 141 Å². The highest BCUT2D eigenvalue weighted by Crippen LogP contribution is 2.24. The maximum Gasteiger partial charge on any atom is 0.269 e. The van der Waals surface area contributed by atoms with Gasteiger partial charge in [0.1, 0.15) is 5.75 Å². The van der Waals surface area contributed by atoms with Gasteiger partial charge >= 0.3 is 0 Å². The van der Waals surface area contributed by atoms with Crippen LogP contribution in [-0.4, -0.2) is 28.2 Å². The molecule has 8 nitrogen and oxygen atoms in total. The van der Waals surface area contributed by atoms with Gasteiger partial charge in [0.2, 0.25) is 0 Å². The van der Waals surface area contributed by atoms with Crippen LogP contribution in [0.5, 0.6) is 5.75 Å². The summed E-state index contributed by atoms with van der Waals surface area (Å²) in [7, 11) is 0. The largest absolute Gasteiger partial charge is 0.483 e. The van der Waals surface area contributed by atoms with Crippen molar-refractivity contribution in [3.63, 3.8) is 0 Å². The third-order valence-corrected chi connectivity index (χ3v) is 4.26. The molecule has 9 heteroatoms. The summed E-state index contributed by atoms with van der Waals surface area (Å²) in [5.74, 6) is -0.157. The number of hydrogen-bond acceptors (Lipinski definition) is 7. The molecule has 0 atom stereocenters. The smallest absolute Gasteiger partial charge is 0.269 e. The Kier molecular flexibility index (Phi) is 5.24. The lowest BCUT2D eigenvalue weighted by Gasteiger charge is -2.08. The molecule has 1 aromatic heterocycles. The van der Waals surface area contributed by atoms with Gasteiger partial charge in [0.25, 0.3) is 11.6 Å². The van der Waals surface area contributed by atoms with E-state index in [0.717, 1.165) is 11.3 Å². The molecule has 0 fully saturated rings. The Morgan fingerprint density at radius 2 is 2.08 bits per heavy atom. The summed E-state index contributed by atoms with van der Waals surface area (Å²) < 4.78 is 5.37. The van der Waals surface area contributed by atoms with Gasteiger partial charge < -0.3 is 4.74 Å². The molecule has 0 aliphatic rings. The third-order valence-electron chi connectivity index (χ3n) is 3.09. The molecule has 0 bridgehead atoms. The van der Waals surface area contributed by atoms with Crippen LogP contribution in [0.25, 0.3) is 0 Å². The molecule has 0 saturated heterocycles. The lowest BCUT2D eigenvalue weighted by atomic mass is 10.2. The number of aryl methyl sites for hydroxylation is 2. The van der Waals surface area contributed by atoms with E-state index in [1.165, 1.54) is 25.1 Å². The molecule has 0 aliphatic heterocycles. The van der Waals surface area contributed by atoms with Crippen LogP contribution in [0.1, 0.15) is 27.9 Å². The molecule has 0 radical (unpaired) electrons. The van der Waals surface area contributed by atoms with E-state index in [9.17, 15) is 19.7 Å². The molecule has 2 rings (SSSR count). The summed E-state index contributed by atoms with van der Waals surface area (Å²) in [6.45, 7) is 4.52. The molecule has 1 amide bonds. The van der Waals surface area contributed by atoms with Crippen LogP contribution in [0.2, 0.25) is 0 Å². The van der Waals surface area contributed by atoms with Gasteiger partial charge in [-0.2, -0.15) is 0 Å². The minimum atomic E-state index is -0.499. The Morgan fingerprint density at radius 1 is 1.38 bits per heavy atom. The van der Waals surface area contributed by atoms with E-state index in [0.29, 0.717) is 27.0 Å². The molecule has 2 aromatic rings. The lowest BCUT2D eigenvalue weighted by Crippen LogP contribution is -2.20. The first-order valence-electron chi connectivity index (χ1n) is 6.94. The molecule has 1 heterocycles. The highest BCUT2D eigenvalue weighted by molar-refractivity contribution is 7.17. The van der Waals surface area contributed by atoms with Gasteiger partial charge in [-0.25, -0.2) is 4.98 Å². The fraction of sp³-hybridized carbons (Fsp3) is 0.267. The first-order valence-corrected chi connectivity index (χ1v) is 7.75. The second-order valence-electron chi connectivity index (χ2n) is 5.03. The molecular formula is C15H15N3O5S. The number of Topliss-reactive ketones (excluding diaryl/α,β-unsaturated/α-hetero) is 1. The van der Waals surface area contributed by atoms with Crippen molar-refractivity contribution in [2.24, 2.45) is 0 Å². The number of aromatic nitrogens is 1. The molecule has 0 aliphatic carbocycles. The van der Waals surface area contributed by atoms with E-state index in [2.05, 4.69) is 10.3 Å². The number of rotatable bonds is 6. The highest BCUT2D eigenvalue weighted by atomic mass is 32.1. The van der Waals surface area contributed by atoms with E-state index >= 15 is 0 Å². The standard InChI is InChI=1S/C15H15N3O5S/c1-8-6-11(18(21)22)4-5-12(8)23-7-13(20)17-15-16-9(2)14(24-15)10(3)19/h4-6H,7H2,1-3H3,(H,16,17,20). The number of nitro groups is 1. The van der Waals surface area contributed by atoms with E-state index in [-0.39, 0.29) is 18.1 Å². The summed E-state index contributed by atoms with van der Waals surface area (Å²) in [5.41, 5.74) is 1.08. The number of nitro benzene ring substituents is 1. The number of thiazole rings is 1. The van der Waals surface area contributed by atoms with Crippen LogP contribution in [0, 0.1) is 24.0 Å². The number of non-ortho nitro benzene ring substituents is 1. The number of carbonyl (C=O) groups excluding carboxylic acids is 2. The maximum atomic E-state index is 11.9. The topological polar surface area (TPSA) is 111 Å². The number of amides is 1. The Balaban J connectivity index is 1.97. The normalized spacial score (nSPS) is 10.3. The zero-order valence-corrected chi connectivity index (χ0v) is 14.1. The van der Waals surface area contributed by atoms with Crippen LogP contribution in [0.15, 0.2) is 18.2 Å². The van der Waals surface area contributed by atoms with Gasteiger partial charge in [-0.15, -0.1) is 0 Å². The molecule has 0 spiro atoms. The second kappa shape index (κ2) is 7.18. The predicted octanol–water partition coefficient (Wildman–Crippen LogP) is 2.89. The zero-order valence-electron chi connectivity index (χ0n) is 13.3. The number of anilines is 1. The third kappa shape index (κ3) is 4.13. The quantitative estimate of drug-likeness (QED) is 0.487. The number of ether oxygens (including phenoxy) is 1. The van der Waals surface area contributed by atoms with Gasteiger partial charge in [-0.1, -0.05) is 11.3 Å². The van der Waals surface area contributed by atoms with Gasteiger partial charge in [0.05, 0.1) is 15.5 Å². The summed E-state index contributed by atoms with van der Waals surface area (Å²) >= 11 is 1.10. The fourth-order valence-corrected chi connectivity index (χ4v) is 2.86. The Morgan fingerprint density at radius 3 is 2.62 bits per heavy atom. The second-order valence-corrected chi connectivity index (χ2v) is 6.03. The van der Waals surface area contributed by atoms with Crippen molar-refractivity contribution in [2.45, 2.75) is 20.8 Å².